The highest BCUT2D eigenvalue weighted by Crippen LogP contribution is 2.24. The van der Waals surface area contributed by atoms with E-state index in [-0.39, 0.29) is 0 Å². The van der Waals surface area contributed by atoms with Crippen LogP contribution in [-0.4, -0.2) is 4.37 Å². The molecule has 0 bridgehead atoms. The Hall–Kier alpha value is -1.13. The number of hydrogen-bond donors (Lipinski definition) is 1. The van der Waals surface area contributed by atoms with Crippen molar-refractivity contribution in [2.75, 3.05) is 0 Å². The molecule has 12 heavy (non-hydrogen) atoms. The molecule has 0 aliphatic carbocycles. The lowest BCUT2D eigenvalue weighted by molar-refractivity contribution is 0.526. The molecule has 0 radical (unpaired) electrons. The van der Waals surface area contributed by atoms with Gasteiger partial charge in [-0.05, 0) is 29.7 Å². The van der Waals surface area contributed by atoms with E-state index in [1.165, 1.54) is 11.5 Å². The minimum atomic E-state index is 0.443. The predicted molar refractivity (Wildman–Crippen MR) is 47.7 cm³/mol. The predicted octanol–water partition coefficient (Wildman–Crippen LogP) is 1.86. The van der Waals surface area contributed by atoms with Crippen molar-refractivity contribution in [3.8, 4) is 10.6 Å². The highest BCUT2D eigenvalue weighted by molar-refractivity contribution is 7.09. The van der Waals surface area contributed by atoms with E-state index in [2.05, 4.69) is 4.37 Å². The van der Waals surface area contributed by atoms with E-state index in [0.29, 0.717) is 6.54 Å². The van der Waals surface area contributed by atoms with Crippen LogP contribution in [0.2, 0.25) is 0 Å². The van der Waals surface area contributed by atoms with E-state index < -0.39 is 0 Å². The van der Waals surface area contributed by atoms with Gasteiger partial charge in [0.25, 0.3) is 0 Å². The molecule has 0 saturated carbocycles. The van der Waals surface area contributed by atoms with E-state index in [1.54, 1.807) is 6.20 Å². The molecule has 0 unspecified atom stereocenters. The first-order valence-corrected chi connectivity index (χ1v) is 4.37. The first-order valence-electron chi connectivity index (χ1n) is 3.60. The highest BCUT2D eigenvalue weighted by atomic mass is 32.1. The molecule has 2 aromatic heterocycles. The Morgan fingerprint density at radius 3 is 2.92 bits per heavy atom. The average Bonchev–Trinajstić information content (AvgIpc) is 2.75. The first kappa shape index (κ1) is 7.52. The minimum Gasteiger partial charge on any atom is -0.459 e. The number of nitrogens with two attached hydrogens (primary N) is 1. The lowest BCUT2D eigenvalue weighted by Crippen LogP contribution is -1.92. The molecule has 4 heteroatoms. The van der Waals surface area contributed by atoms with Gasteiger partial charge < -0.3 is 10.2 Å². The van der Waals surface area contributed by atoms with Gasteiger partial charge in [0, 0.05) is 6.20 Å². The quantitative estimate of drug-likeness (QED) is 0.767. The van der Waals surface area contributed by atoms with Gasteiger partial charge in [-0.1, -0.05) is 0 Å². The van der Waals surface area contributed by atoms with Crippen LogP contribution in [0.4, 0.5) is 0 Å². The molecule has 2 rings (SSSR count). The third-order valence-electron chi connectivity index (χ3n) is 1.54. The summed E-state index contributed by atoms with van der Waals surface area (Å²) < 4.78 is 9.41. The van der Waals surface area contributed by atoms with Gasteiger partial charge in [-0.15, -0.1) is 0 Å². The van der Waals surface area contributed by atoms with E-state index in [4.69, 9.17) is 10.2 Å². The molecule has 0 aromatic carbocycles. The third-order valence-corrected chi connectivity index (χ3v) is 2.30. The Morgan fingerprint density at radius 1 is 1.42 bits per heavy atom. The van der Waals surface area contributed by atoms with E-state index in [1.807, 2.05) is 18.2 Å². The van der Waals surface area contributed by atoms with Crippen molar-refractivity contribution in [1.29, 1.82) is 0 Å². The molecular weight excluding hydrogens is 172 g/mol. The lowest BCUT2D eigenvalue weighted by atomic mass is 10.4. The van der Waals surface area contributed by atoms with Crippen molar-refractivity contribution in [1.82, 2.24) is 4.37 Å². The van der Waals surface area contributed by atoms with Crippen molar-refractivity contribution >= 4 is 11.5 Å². The molecule has 3 nitrogen and oxygen atoms in total. The van der Waals surface area contributed by atoms with Crippen molar-refractivity contribution in [2.24, 2.45) is 5.73 Å². The fourth-order valence-corrected chi connectivity index (χ4v) is 1.52. The van der Waals surface area contributed by atoms with E-state index in [9.17, 15) is 0 Å². The Kier molecular flexibility index (Phi) is 1.93. The summed E-state index contributed by atoms with van der Waals surface area (Å²) in [6.45, 7) is 0.443. The Labute approximate surface area is 74.0 Å². The van der Waals surface area contributed by atoms with Crippen LogP contribution in [-0.2, 0) is 6.54 Å². The zero-order valence-corrected chi connectivity index (χ0v) is 7.17. The zero-order chi connectivity index (χ0) is 8.39. The van der Waals surface area contributed by atoms with Gasteiger partial charge in [-0.2, -0.15) is 0 Å². The van der Waals surface area contributed by atoms with Crippen molar-refractivity contribution in [2.45, 2.75) is 6.54 Å². The summed E-state index contributed by atoms with van der Waals surface area (Å²) in [7, 11) is 0. The second kappa shape index (κ2) is 3.08. The normalized spacial score (nSPS) is 10.4. The van der Waals surface area contributed by atoms with Crippen LogP contribution < -0.4 is 5.73 Å². The van der Waals surface area contributed by atoms with Crippen molar-refractivity contribution in [3.05, 3.63) is 30.2 Å². The molecule has 2 heterocycles. The fourth-order valence-electron chi connectivity index (χ4n) is 0.963. The first-order chi connectivity index (χ1) is 5.90. The molecule has 0 saturated heterocycles. The summed E-state index contributed by atoms with van der Waals surface area (Å²) in [6, 6.07) is 5.72. The summed E-state index contributed by atoms with van der Waals surface area (Å²) in [4.78, 5) is 1.04. The van der Waals surface area contributed by atoms with Gasteiger partial charge >= 0.3 is 0 Å². The summed E-state index contributed by atoms with van der Waals surface area (Å²) in [5.74, 6) is 1.65. The average molecular weight is 180 g/mol. The minimum absolute atomic E-state index is 0.443. The van der Waals surface area contributed by atoms with Crippen LogP contribution in [0, 0.1) is 0 Å². The van der Waals surface area contributed by atoms with Gasteiger partial charge in [0.15, 0.2) is 0 Å². The zero-order valence-electron chi connectivity index (χ0n) is 6.36. The van der Waals surface area contributed by atoms with E-state index in [0.717, 1.165) is 16.4 Å². The number of hydrogen-bond acceptors (Lipinski definition) is 4. The van der Waals surface area contributed by atoms with Gasteiger partial charge in [0.1, 0.15) is 11.5 Å². The number of rotatable bonds is 2. The van der Waals surface area contributed by atoms with Crippen LogP contribution in [0.5, 0.6) is 0 Å². The monoisotopic (exact) mass is 180 g/mol. The summed E-state index contributed by atoms with van der Waals surface area (Å²) in [5, 5.41) is 0. The molecule has 2 aromatic rings. The maximum atomic E-state index is 5.42. The van der Waals surface area contributed by atoms with Crippen LogP contribution in [0.15, 0.2) is 28.8 Å². The third kappa shape index (κ3) is 1.26. The molecule has 0 spiro atoms. The van der Waals surface area contributed by atoms with Gasteiger partial charge in [-0.3, -0.25) is 0 Å². The standard InChI is InChI=1S/C8H8N2OS/c9-5-6-1-2-7(11-6)8-3-4-10-12-8/h1-4H,5,9H2. The van der Waals surface area contributed by atoms with Crippen molar-refractivity contribution in [3.63, 3.8) is 0 Å². The molecule has 0 fully saturated rings. The van der Waals surface area contributed by atoms with Crippen LogP contribution >= 0.6 is 11.5 Å². The Bertz CT molecular complexity index is 353. The second-order valence-corrected chi connectivity index (χ2v) is 3.18. The molecule has 2 N–H and O–H groups in total. The lowest BCUT2D eigenvalue weighted by Gasteiger charge is -1.88. The topological polar surface area (TPSA) is 52.0 Å². The number of aromatic nitrogens is 1. The van der Waals surface area contributed by atoms with Gasteiger partial charge in [0.2, 0.25) is 0 Å². The van der Waals surface area contributed by atoms with Crippen LogP contribution in [0.3, 0.4) is 0 Å². The highest BCUT2D eigenvalue weighted by Gasteiger charge is 2.04. The smallest absolute Gasteiger partial charge is 0.145 e. The fraction of sp³-hybridized carbons (Fsp3) is 0.125. The molecule has 0 aliphatic heterocycles. The molecule has 0 atom stereocenters. The second-order valence-electron chi connectivity index (χ2n) is 2.35. The SMILES string of the molecule is NCc1ccc(-c2ccns2)o1. The van der Waals surface area contributed by atoms with E-state index >= 15 is 0 Å². The number of furan rings is 1. The van der Waals surface area contributed by atoms with Gasteiger partial charge in [-0.25, -0.2) is 4.37 Å². The van der Waals surface area contributed by atoms with Crippen LogP contribution in [0.25, 0.3) is 10.6 Å². The molecular formula is C8H8N2OS. The molecule has 62 valence electrons. The largest absolute Gasteiger partial charge is 0.459 e. The summed E-state index contributed by atoms with van der Waals surface area (Å²) >= 11 is 1.42. The number of nitrogens with zero attached hydrogens (tertiary/aromatic N) is 1. The van der Waals surface area contributed by atoms with Crippen LogP contribution in [0.1, 0.15) is 5.76 Å². The Balaban J connectivity index is 2.35. The summed E-state index contributed by atoms with van der Waals surface area (Å²) in [5.41, 5.74) is 5.41. The Morgan fingerprint density at radius 2 is 2.33 bits per heavy atom. The maximum Gasteiger partial charge on any atom is 0.145 e. The molecule has 0 aliphatic rings. The summed E-state index contributed by atoms with van der Waals surface area (Å²) in [6.07, 6.45) is 1.75. The maximum absolute atomic E-state index is 5.42. The van der Waals surface area contributed by atoms with Gasteiger partial charge in [0.05, 0.1) is 11.4 Å². The van der Waals surface area contributed by atoms with Crippen molar-refractivity contribution < 1.29 is 4.42 Å². The molecule has 0 amide bonds.